The van der Waals surface area contributed by atoms with Crippen LogP contribution in [-0.4, -0.2) is 25.9 Å². The Hall–Kier alpha value is -2.33. The molecule has 0 aliphatic rings. The monoisotopic (exact) mass is 398 g/mol. The first kappa shape index (κ1) is 18.5. The smallest absolute Gasteiger partial charge is 0.237 e. The number of amides is 1. The van der Waals surface area contributed by atoms with E-state index in [-0.39, 0.29) is 0 Å². The van der Waals surface area contributed by atoms with E-state index in [1.807, 2.05) is 17.5 Å². The molecule has 26 heavy (non-hydrogen) atoms. The Balaban J connectivity index is 1.71. The molecule has 0 aliphatic carbocycles. The van der Waals surface area contributed by atoms with Crippen molar-refractivity contribution in [2.75, 3.05) is 5.32 Å². The van der Waals surface area contributed by atoms with Crippen LogP contribution in [0.25, 0.3) is 10.7 Å². The lowest BCUT2D eigenvalue weighted by Crippen LogP contribution is -2.23. The molecular formula is C16H13F3N4OS2. The number of carbonyl (C=O) groups excluding carboxylic acids is 1. The van der Waals surface area contributed by atoms with E-state index in [0.717, 1.165) is 28.8 Å². The van der Waals surface area contributed by atoms with Gasteiger partial charge in [-0.3, -0.25) is 4.79 Å². The van der Waals surface area contributed by atoms with Crippen molar-refractivity contribution < 1.29 is 18.0 Å². The third-order valence-electron chi connectivity index (χ3n) is 3.52. The molecule has 1 N–H and O–H groups in total. The molecule has 0 aliphatic heterocycles. The number of nitrogens with one attached hydrogen (secondary N) is 1. The molecule has 2 heterocycles. The van der Waals surface area contributed by atoms with Crippen molar-refractivity contribution in [3.8, 4) is 10.7 Å². The lowest BCUT2D eigenvalue weighted by molar-refractivity contribution is -0.115. The fraction of sp³-hybridized carbons (Fsp3) is 0.188. The van der Waals surface area contributed by atoms with E-state index in [0.29, 0.717) is 11.0 Å². The Morgan fingerprint density at radius 3 is 2.69 bits per heavy atom. The van der Waals surface area contributed by atoms with Gasteiger partial charge in [0.1, 0.15) is 0 Å². The van der Waals surface area contributed by atoms with Gasteiger partial charge in [0.05, 0.1) is 15.8 Å². The van der Waals surface area contributed by atoms with E-state index < -0.39 is 34.3 Å². The average molecular weight is 398 g/mol. The Morgan fingerprint density at radius 1 is 1.23 bits per heavy atom. The van der Waals surface area contributed by atoms with Crippen LogP contribution in [0.15, 0.2) is 34.8 Å². The van der Waals surface area contributed by atoms with Gasteiger partial charge in [0.2, 0.25) is 5.91 Å². The zero-order valence-corrected chi connectivity index (χ0v) is 15.3. The normalized spacial score (nSPS) is 12.2. The maximum Gasteiger partial charge on any atom is 0.237 e. The van der Waals surface area contributed by atoms with Crippen molar-refractivity contribution in [3.05, 3.63) is 47.1 Å². The maximum absolute atomic E-state index is 13.7. The highest BCUT2D eigenvalue weighted by Crippen LogP contribution is 2.28. The van der Waals surface area contributed by atoms with Crippen molar-refractivity contribution in [1.82, 2.24) is 14.8 Å². The first-order valence-corrected chi connectivity index (χ1v) is 9.18. The number of thioether (sulfide) groups is 1. The van der Waals surface area contributed by atoms with Gasteiger partial charge in [0, 0.05) is 7.05 Å². The van der Waals surface area contributed by atoms with E-state index in [9.17, 15) is 18.0 Å². The number of hydrogen-bond donors (Lipinski definition) is 1. The van der Waals surface area contributed by atoms with Crippen LogP contribution in [0, 0.1) is 17.5 Å². The van der Waals surface area contributed by atoms with Crippen LogP contribution in [0.1, 0.15) is 6.92 Å². The number of benzene rings is 1. The molecule has 1 atom stereocenters. The minimum atomic E-state index is -1.63. The summed E-state index contributed by atoms with van der Waals surface area (Å²) in [6, 6.07) is 5.53. The third-order valence-corrected chi connectivity index (χ3v) is 5.52. The summed E-state index contributed by atoms with van der Waals surface area (Å²) in [6.07, 6.45) is 0. The quantitative estimate of drug-likeness (QED) is 0.520. The number of hydrogen-bond acceptors (Lipinski definition) is 5. The summed E-state index contributed by atoms with van der Waals surface area (Å²) >= 11 is 2.64. The van der Waals surface area contributed by atoms with Crippen molar-refractivity contribution in [1.29, 1.82) is 0 Å². The van der Waals surface area contributed by atoms with Gasteiger partial charge in [0.25, 0.3) is 0 Å². The third kappa shape index (κ3) is 3.61. The van der Waals surface area contributed by atoms with Crippen LogP contribution >= 0.6 is 23.1 Å². The largest absolute Gasteiger partial charge is 0.323 e. The summed E-state index contributed by atoms with van der Waals surface area (Å²) in [7, 11) is 1.77. The molecule has 3 rings (SSSR count). The molecule has 5 nitrogen and oxygen atoms in total. The van der Waals surface area contributed by atoms with Crippen LogP contribution in [-0.2, 0) is 11.8 Å². The summed E-state index contributed by atoms with van der Waals surface area (Å²) in [5, 5.41) is 12.2. The molecule has 0 fully saturated rings. The highest BCUT2D eigenvalue weighted by molar-refractivity contribution is 8.00. The first-order valence-electron chi connectivity index (χ1n) is 7.42. The Kier molecular flexibility index (Phi) is 5.33. The number of anilines is 1. The first-order chi connectivity index (χ1) is 12.4. The molecule has 1 aromatic carbocycles. The van der Waals surface area contributed by atoms with Gasteiger partial charge in [-0.25, -0.2) is 13.2 Å². The molecule has 2 aromatic heterocycles. The van der Waals surface area contributed by atoms with Gasteiger partial charge in [-0.1, -0.05) is 17.8 Å². The van der Waals surface area contributed by atoms with E-state index in [4.69, 9.17) is 0 Å². The number of carbonyl (C=O) groups is 1. The molecule has 136 valence electrons. The predicted molar refractivity (Wildman–Crippen MR) is 94.6 cm³/mol. The van der Waals surface area contributed by atoms with Crippen LogP contribution in [0.2, 0.25) is 0 Å². The molecular weight excluding hydrogens is 385 g/mol. The molecule has 0 spiro atoms. The minimum Gasteiger partial charge on any atom is -0.323 e. The average Bonchev–Trinajstić information content (AvgIpc) is 3.26. The van der Waals surface area contributed by atoms with Crippen LogP contribution in [0.5, 0.6) is 0 Å². The minimum absolute atomic E-state index is 0.418. The van der Waals surface area contributed by atoms with Gasteiger partial charge in [-0.05, 0) is 30.5 Å². The van der Waals surface area contributed by atoms with Crippen molar-refractivity contribution in [2.45, 2.75) is 17.3 Å². The molecule has 10 heteroatoms. The second-order valence-electron chi connectivity index (χ2n) is 5.31. The topological polar surface area (TPSA) is 59.8 Å². The fourth-order valence-corrected chi connectivity index (χ4v) is 3.67. The standard InChI is InChI=1S/C16H13F3N4OS2/c1-8(15(24)20-10-6-5-9(17)12(18)13(10)19)26-16-22-21-14(23(16)2)11-4-3-7-25-11/h3-8H,1-2H3,(H,20,24). The lowest BCUT2D eigenvalue weighted by Gasteiger charge is -2.12. The zero-order chi connectivity index (χ0) is 18.8. The molecule has 1 unspecified atom stereocenters. The number of aromatic nitrogens is 3. The van der Waals surface area contributed by atoms with E-state index in [1.54, 1.807) is 18.5 Å². The highest BCUT2D eigenvalue weighted by Gasteiger charge is 2.22. The zero-order valence-electron chi connectivity index (χ0n) is 13.7. The molecule has 0 saturated heterocycles. The summed E-state index contributed by atoms with van der Waals surface area (Å²) < 4.78 is 41.6. The van der Waals surface area contributed by atoms with Crippen molar-refractivity contribution >= 4 is 34.7 Å². The molecule has 0 bridgehead atoms. The maximum atomic E-state index is 13.7. The number of rotatable bonds is 5. The van der Waals surface area contributed by atoms with Gasteiger partial charge < -0.3 is 9.88 Å². The molecule has 3 aromatic rings. The SMILES string of the molecule is CC(Sc1nnc(-c2cccs2)n1C)C(=O)Nc1ccc(F)c(F)c1F. The summed E-state index contributed by atoms with van der Waals surface area (Å²) in [4.78, 5) is 13.2. The summed E-state index contributed by atoms with van der Waals surface area (Å²) in [5.74, 6) is -4.28. The Bertz CT molecular complexity index is 943. The molecule has 0 saturated carbocycles. The van der Waals surface area contributed by atoms with E-state index >= 15 is 0 Å². The van der Waals surface area contributed by atoms with E-state index in [2.05, 4.69) is 15.5 Å². The molecule has 0 radical (unpaired) electrons. The number of thiophene rings is 1. The number of nitrogens with zero attached hydrogens (tertiary/aromatic N) is 3. The van der Waals surface area contributed by atoms with Gasteiger partial charge in [-0.2, -0.15) is 0 Å². The fourth-order valence-electron chi connectivity index (χ4n) is 2.11. The van der Waals surface area contributed by atoms with Gasteiger partial charge in [-0.15, -0.1) is 21.5 Å². The highest BCUT2D eigenvalue weighted by atomic mass is 32.2. The van der Waals surface area contributed by atoms with Crippen molar-refractivity contribution in [3.63, 3.8) is 0 Å². The van der Waals surface area contributed by atoms with E-state index in [1.165, 1.54) is 11.3 Å². The second kappa shape index (κ2) is 7.50. The summed E-state index contributed by atoms with van der Waals surface area (Å²) in [6.45, 7) is 1.59. The van der Waals surface area contributed by atoms with Gasteiger partial charge in [0.15, 0.2) is 28.4 Å². The molecule has 1 amide bonds. The van der Waals surface area contributed by atoms with Crippen molar-refractivity contribution in [2.24, 2.45) is 7.05 Å². The Morgan fingerprint density at radius 2 is 2.00 bits per heavy atom. The van der Waals surface area contributed by atoms with Crippen LogP contribution in [0.3, 0.4) is 0 Å². The van der Waals surface area contributed by atoms with Crippen LogP contribution in [0.4, 0.5) is 18.9 Å². The summed E-state index contributed by atoms with van der Waals surface area (Å²) in [5.41, 5.74) is -0.418. The Labute approximate surface area is 155 Å². The number of halogens is 3. The van der Waals surface area contributed by atoms with Gasteiger partial charge >= 0.3 is 0 Å². The second-order valence-corrected chi connectivity index (χ2v) is 7.57. The predicted octanol–water partition coefficient (Wildman–Crippen LogP) is 4.08. The lowest BCUT2D eigenvalue weighted by atomic mass is 10.2. The van der Waals surface area contributed by atoms with Crippen LogP contribution < -0.4 is 5.32 Å².